The van der Waals surface area contributed by atoms with E-state index >= 15 is 0 Å². The van der Waals surface area contributed by atoms with Gasteiger partial charge in [0.1, 0.15) is 12.4 Å². The van der Waals surface area contributed by atoms with E-state index in [0.29, 0.717) is 12.4 Å². The number of aliphatic hydroxyl groups excluding tert-OH is 2. The van der Waals surface area contributed by atoms with Crippen LogP contribution < -0.4 is 0 Å². The van der Waals surface area contributed by atoms with Crippen molar-refractivity contribution in [3.63, 3.8) is 0 Å². The maximum atomic E-state index is 10.5. The lowest BCUT2D eigenvalue weighted by atomic mass is 9.89. The molecule has 2 atom stereocenters. The topological polar surface area (TPSA) is 67.5 Å². The number of hydrogen-bond donors (Lipinski definition) is 2. The van der Waals surface area contributed by atoms with E-state index in [1.807, 2.05) is 34.9 Å². The van der Waals surface area contributed by atoms with Crippen LogP contribution in [-0.4, -0.2) is 32.5 Å². The number of imidazole rings is 1. The average molecular weight is 352 g/mol. The fourth-order valence-electron chi connectivity index (χ4n) is 3.82. The first kappa shape index (κ1) is 17.2. The molecular formula is C21H24N2O3. The highest BCUT2D eigenvalue weighted by Crippen LogP contribution is 2.32. The second kappa shape index (κ2) is 7.58. The predicted octanol–water partition coefficient (Wildman–Crippen LogP) is 2.98. The SMILES string of the molecule is OCc1nc2ccccc2n1C[C@@H](O)CO[C@H]1CCCc2ccccc21. The van der Waals surface area contributed by atoms with Crippen LogP contribution in [0.1, 0.15) is 35.9 Å². The van der Waals surface area contributed by atoms with Crippen molar-refractivity contribution in [2.75, 3.05) is 6.61 Å². The Kier molecular flexibility index (Phi) is 5.02. The Bertz CT molecular complexity index is 890. The van der Waals surface area contributed by atoms with Crippen molar-refractivity contribution in [2.24, 2.45) is 0 Å². The molecule has 5 nitrogen and oxygen atoms in total. The summed E-state index contributed by atoms with van der Waals surface area (Å²) in [7, 11) is 0. The minimum atomic E-state index is -0.660. The van der Waals surface area contributed by atoms with E-state index in [4.69, 9.17) is 4.74 Å². The smallest absolute Gasteiger partial charge is 0.135 e. The predicted molar refractivity (Wildman–Crippen MR) is 99.7 cm³/mol. The fourth-order valence-corrected chi connectivity index (χ4v) is 3.82. The van der Waals surface area contributed by atoms with Crippen molar-refractivity contribution in [2.45, 2.75) is 44.6 Å². The lowest BCUT2D eigenvalue weighted by Gasteiger charge is -2.26. The molecule has 26 heavy (non-hydrogen) atoms. The molecule has 1 heterocycles. The van der Waals surface area contributed by atoms with Crippen LogP contribution in [0.5, 0.6) is 0 Å². The molecule has 0 amide bonds. The summed E-state index contributed by atoms with van der Waals surface area (Å²) < 4.78 is 7.93. The Balaban J connectivity index is 1.45. The molecule has 0 saturated carbocycles. The zero-order valence-corrected chi connectivity index (χ0v) is 14.7. The summed E-state index contributed by atoms with van der Waals surface area (Å²) in [5.41, 5.74) is 4.33. The maximum Gasteiger partial charge on any atom is 0.135 e. The maximum absolute atomic E-state index is 10.5. The normalized spacial score (nSPS) is 18.0. The Labute approximate surface area is 152 Å². The highest BCUT2D eigenvalue weighted by molar-refractivity contribution is 5.75. The summed E-state index contributed by atoms with van der Waals surface area (Å²) in [6.45, 7) is 0.458. The Morgan fingerprint density at radius 2 is 1.96 bits per heavy atom. The van der Waals surface area contributed by atoms with Gasteiger partial charge >= 0.3 is 0 Å². The molecule has 2 aromatic carbocycles. The summed E-state index contributed by atoms with van der Waals surface area (Å²) in [5, 5.41) is 20.1. The van der Waals surface area contributed by atoms with Crippen molar-refractivity contribution in [3.05, 3.63) is 65.5 Å². The molecule has 2 N–H and O–H groups in total. The second-order valence-electron chi connectivity index (χ2n) is 6.85. The molecule has 4 rings (SSSR count). The number of hydrogen-bond acceptors (Lipinski definition) is 4. The standard InChI is InChI=1S/C21H24N2O3/c24-13-21-22-18-9-3-4-10-19(18)23(21)12-16(25)14-26-20-11-5-7-15-6-1-2-8-17(15)20/h1-4,6,8-10,16,20,24-25H,5,7,11-14H2/t16-,20+/m1/s1. The quantitative estimate of drug-likeness (QED) is 0.716. The summed E-state index contributed by atoms with van der Waals surface area (Å²) in [5.74, 6) is 0.563. The molecule has 0 spiro atoms. The molecule has 1 aromatic heterocycles. The van der Waals surface area contributed by atoms with Gasteiger partial charge in [0.05, 0.1) is 36.4 Å². The number of rotatable bonds is 6. The van der Waals surface area contributed by atoms with E-state index in [1.54, 1.807) is 0 Å². The largest absolute Gasteiger partial charge is 0.389 e. The zero-order chi connectivity index (χ0) is 17.9. The molecule has 0 saturated heterocycles. The lowest BCUT2D eigenvalue weighted by molar-refractivity contribution is -0.0226. The second-order valence-corrected chi connectivity index (χ2v) is 6.85. The van der Waals surface area contributed by atoms with Crippen molar-refractivity contribution in [1.82, 2.24) is 9.55 Å². The fraction of sp³-hybridized carbons (Fsp3) is 0.381. The Morgan fingerprint density at radius 1 is 1.15 bits per heavy atom. The number of aliphatic hydroxyl groups is 2. The first-order valence-corrected chi connectivity index (χ1v) is 9.18. The van der Waals surface area contributed by atoms with Gasteiger partial charge in [-0.15, -0.1) is 0 Å². The average Bonchev–Trinajstić information content (AvgIpc) is 3.04. The van der Waals surface area contributed by atoms with Crippen LogP contribution >= 0.6 is 0 Å². The van der Waals surface area contributed by atoms with Gasteiger partial charge in [-0.3, -0.25) is 0 Å². The highest BCUT2D eigenvalue weighted by Gasteiger charge is 2.22. The summed E-state index contributed by atoms with van der Waals surface area (Å²) >= 11 is 0. The Morgan fingerprint density at radius 3 is 2.85 bits per heavy atom. The van der Waals surface area contributed by atoms with Gasteiger partial charge in [0.2, 0.25) is 0 Å². The minimum absolute atomic E-state index is 0.0476. The zero-order valence-electron chi connectivity index (χ0n) is 14.7. The molecule has 0 fully saturated rings. The van der Waals surface area contributed by atoms with Crippen molar-refractivity contribution in [1.29, 1.82) is 0 Å². The molecular weight excluding hydrogens is 328 g/mol. The number of aryl methyl sites for hydroxylation is 1. The van der Waals surface area contributed by atoms with Crippen molar-refractivity contribution in [3.8, 4) is 0 Å². The van der Waals surface area contributed by atoms with Gasteiger partial charge in [0, 0.05) is 0 Å². The van der Waals surface area contributed by atoms with Gasteiger partial charge in [-0.25, -0.2) is 4.98 Å². The summed E-state index contributed by atoms with van der Waals surface area (Å²) in [6, 6.07) is 16.1. The number of aromatic nitrogens is 2. The van der Waals surface area contributed by atoms with Gasteiger partial charge in [-0.05, 0) is 42.5 Å². The molecule has 1 aliphatic rings. The van der Waals surface area contributed by atoms with Crippen molar-refractivity contribution >= 4 is 11.0 Å². The van der Waals surface area contributed by atoms with Gasteiger partial charge in [-0.2, -0.15) is 0 Å². The molecule has 0 bridgehead atoms. The van der Waals surface area contributed by atoms with Crippen LogP contribution in [0.4, 0.5) is 0 Å². The van der Waals surface area contributed by atoms with E-state index in [9.17, 15) is 10.2 Å². The lowest BCUT2D eigenvalue weighted by Crippen LogP contribution is -2.25. The van der Waals surface area contributed by atoms with E-state index in [2.05, 4.69) is 23.2 Å². The molecule has 0 unspecified atom stereocenters. The van der Waals surface area contributed by atoms with Gasteiger partial charge in [0.25, 0.3) is 0 Å². The number of ether oxygens (including phenoxy) is 1. The molecule has 0 aliphatic heterocycles. The van der Waals surface area contributed by atoms with E-state index in [1.165, 1.54) is 11.1 Å². The van der Waals surface area contributed by atoms with E-state index in [0.717, 1.165) is 30.3 Å². The molecule has 1 aliphatic carbocycles. The molecule has 0 radical (unpaired) electrons. The van der Waals surface area contributed by atoms with Crippen LogP contribution in [0.2, 0.25) is 0 Å². The molecule has 3 aromatic rings. The monoisotopic (exact) mass is 352 g/mol. The van der Waals surface area contributed by atoms with E-state index in [-0.39, 0.29) is 19.3 Å². The van der Waals surface area contributed by atoms with E-state index < -0.39 is 6.10 Å². The third-order valence-corrected chi connectivity index (χ3v) is 5.07. The molecule has 136 valence electrons. The van der Waals surface area contributed by atoms with Gasteiger partial charge in [-0.1, -0.05) is 36.4 Å². The highest BCUT2D eigenvalue weighted by atomic mass is 16.5. The van der Waals surface area contributed by atoms with Crippen molar-refractivity contribution < 1.29 is 14.9 Å². The van der Waals surface area contributed by atoms with Gasteiger partial charge in [0.15, 0.2) is 0 Å². The number of para-hydroxylation sites is 2. The molecule has 5 heteroatoms. The number of fused-ring (bicyclic) bond motifs is 2. The summed E-state index contributed by atoms with van der Waals surface area (Å²) in [4.78, 5) is 4.42. The van der Waals surface area contributed by atoms with Crippen LogP contribution in [-0.2, 0) is 24.3 Å². The first-order valence-electron chi connectivity index (χ1n) is 9.18. The third-order valence-electron chi connectivity index (χ3n) is 5.07. The van der Waals surface area contributed by atoms with Crippen LogP contribution in [0, 0.1) is 0 Å². The minimum Gasteiger partial charge on any atom is -0.389 e. The third kappa shape index (κ3) is 3.38. The number of benzene rings is 2. The van der Waals surface area contributed by atoms with Gasteiger partial charge < -0.3 is 19.5 Å². The first-order chi connectivity index (χ1) is 12.8. The van der Waals surface area contributed by atoms with Crippen LogP contribution in [0.25, 0.3) is 11.0 Å². The summed E-state index contributed by atoms with van der Waals surface area (Å²) in [6.07, 6.45) is 2.58. The Hall–Kier alpha value is -2.21. The van der Waals surface area contributed by atoms with Crippen LogP contribution in [0.3, 0.4) is 0 Å². The number of nitrogens with zero attached hydrogens (tertiary/aromatic N) is 2. The van der Waals surface area contributed by atoms with Crippen LogP contribution in [0.15, 0.2) is 48.5 Å².